The highest BCUT2D eigenvalue weighted by Crippen LogP contribution is 2.38. The number of rotatable bonds is 4. The van der Waals surface area contributed by atoms with Crippen LogP contribution >= 0.6 is 24.4 Å². The Morgan fingerprint density at radius 2 is 1.91 bits per heavy atom. The number of hydrogen-bond acceptors (Lipinski definition) is 4. The summed E-state index contributed by atoms with van der Waals surface area (Å²) in [6, 6.07) is 10.4. The molecule has 1 aromatic carbocycles. The first kappa shape index (κ1) is 15.5. The SMILES string of the molecule is CC(C)(C)c1nn2nc(CCS)[nH]c2c1Sc1ccccc1. The van der Waals surface area contributed by atoms with Crippen molar-refractivity contribution in [2.24, 2.45) is 0 Å². The molecule has 0 aliphatic rings. The van der Waals surface area contributed by atoms with Crippen LogP contribution in [0.1, 0.15) is 32.3 Å². The third-order valence-electron chi connectivity index (χ3n) is 3.33. The summed E-state index contributed by atoms with van der Waals surface area (Å²) in [5, 5.41) is 9.24. The fourth-order valence-corrected chi connectivity index (χ4v) is 3.67. The Bertz CT molecular complexity index is 769. The average Bonchev–Trinajstić information content (AvgIpc) is 2.99. The van der Waals surface area contributed by atoms with Crippen LogP contribution in [0.5, 0.6) is 0 Å². The molecule has 0 saturated heterocycles. The van der Waals surface area contributed by atoms with Gasteiger partial charge in [0.05, 0.1) is 10.6 Å². The molecule has 0 bridgehead atoms. The summed E-state index contributed by atoms with van der Waals surface area (Å²) in [4.78, 5) is 5.75. The van der Waals surface area contributed by atoms with Gasteiger partial charge in [-0.05, 0) is 17.9 Å². The van der Waals surface area contributed by atoms with Crippen LogP contribution in [-0.4, -0.2) is 25.6 Å². The van der Waals surface area contributed by atoms with Gasteiger partial charge in [0, 0.05) is 16.7 Å². The molecule has 0 unspecified atom stereocenters. The van der Waals surface area contributed by atoms with Gasteiger partial charge in [0.25, 0.3) is 0 Å². The van der Waals surface area contributed by atoms with E-state index in [2.05, 4.69) is 67.7 Å². The third kappa shape index (κ3) is 3.03. The molecule has 2 heterocycles. The van der Waals surface area contributed by atoms with Gasteiger partial charge in [0.1, 0.15) is 5.82 Å². The van der Waals surface area contributed by atoms with E-state index in [4.69, 9.17) is 5.10 Å². The lowest BCUT2D eigenvalue weighted by Gasteiger charge is -2.17. The largest absolute Gasteiger partial charge is 0.324 e. The van der Waals surface area contributed by atoms with Crippen molar-refractivity contribution in [1.82, 2.24) is 19.8 Å². The van der Waals surface area contributed by atoms with Crippen molar-refractivity contribution in [3.8, 4) is 0 Å². The van der Waals surface area contributed by atoms with Crippen LogP contribution in [0.15, 0.2) is 40.1 Å². The van der Waals surface area contributed by atoms with Gasteiger partial charge in [0.15, 0.2) is 5.65 Å². The van der Waals surface area contributed by atoms with Crippen molar-refractivity contribution >= 4 is 30.0 Å². The minimum atomic E-state index is -0.0324. The first-order chi connectivity index (χ1) is 10.5. The van der Waals surface area contributed by atoms with E-state index in [9.17, 15) is 0 Å². The number of nitrogens with zero attached hydrogens (tertiary/aromatic N) is 3. The van der Waals surface area contributed by atoms with E-state index in [0.717, 1.165) is 34.2 Å². The molecule has 4 nitrogen and oxygen atoms in total. The molecule has 0 fully saturated rings. The van der Waals surface area contributed by atoms with Crippen molar-refractivity contribution in [3.63, 3.8) is 0 Å². The van der Waals surface area contributed by atoms with Crippen molar-refractivity contribution in [2.45, 2.75) is 42.4 Å². The number of aryl methyl sites for hydroxylation is 1. The summed E-state index contributed by atoms with van der Waals surface area (Å²) in [6.07, 6.45) is 0.812. The molecular formula is C16H20N4S2. The van der Waals surface area contributed by atoms with Gasteiger partial charge in [-0.3, -0.25) is 0 Å². The highest BCUT2D eigenvalue weighted by Gasteiger charge is 2.26. The Balaban J connectivity index is 2.10. The quantitative estimate of drug-likeness (QED) is 0.711. The Labute approximate surface area is 140 Å². The molecule has 0 amide bonds. The van der Waals surface area contributed by atoms with E-state index in [-0.39, 0.29) is 5.41 Å². The van der Waals surface area contributed by atoms with Crippen LogP contribution in [0.4, 0.5) is 0 Å². The number of benzene rings is 1. The molecule has 116 valence electrons. The number of thiol groups is 1. The maximum absolute atomic E-state index is 4.71. The van der Waals surface area contributed by atoms with Crippen LogP contribution in [0, 0.1) is 0 Å². The zero-order valence-electron chi connectivity index (χ0n) is 13.0. The highest BCUT2D eigenvalue weighted by atomic mass is 32.2. The summed E-state index contributed by atoms with van der Waals surface area (Å²) in [7, 11) is 0. The molecule has 6 heteroatoms. The van der Waals surface area contributed by atoms with E-state index >= 15 is 0 Å². The Kier molecular flexibility index (Phi) is 4.23. The number of nitrogens with one attached hydrogen (secondary N) is 1. The number of aromatic nitrogens is 4. The fourth-order valence-electron chi connectivity index (χ4n) is 2.26. The monoisotopic (exact) mass is 332 g/mol. The Hall–Kier alpha value is -1.40. The second-order valence-corrected chi connectivity index (χ2v) is 7.76. The predicted molar refractivity (Wildman–Crippen MR) is 94.2 cm³/mol. The van der Waals surface area contributed by atoms with Gasteiger partial charge in [-0.2, -0.15) is 17.7 Å². The molecular weight excluding hydrogens is 312 g/mol. The molecule has 0 spiro atoms. The normalized spacial score (nSPS) is 12.2. The van der Waals surface area contributed by atoms with Crippen LogP contribution in [0.2, 0.25) is 0 Å². The average molecular weight is 332 g/mol. The van der Waals surface area contributed by atoms with Crippen LogP contribution in [0.25, 0.3) is 5.65 Å². The first-order valence-electron chi connectivity index (χ1n) is 7.31. The fraction of sp³-hybridized carbons (Fsp3) is 0.375. The second-order valence-electron chi connectivity index (χ2n) is 6.23. The summed E-state index contributed by atoms with van der Waals surface area (Å²) in [5.74, 6) is 1.69. The lowest BCUT2D eigenvalue weighted by atomic mass is 9.92. The van der Waals surface area contributed by atoms with Crippen molar-refractivity contribution in [3.05, 3.63) is 41.9 Å². The first-order valence-corrected chi connectivity index (χ1v) is 8.76. The van der Waals surface area contributed by atoms with Gasteiger partial charge in [0.2, 0.25) is 0 Å². The zero-order chi connectivity index (χ0) is 15.7. The summed E-state index contributed by atoms with van der Waals surface area (Å²) >= 11 is 6.01. The van der Waals surface area contributed by atoms with Crippen molar-refractivity contribution in [1.29, 1.82) is 0 Å². The lowest BCUT2D eigenvalue weighted by Crippen LogP contribution is -2.13. The van der Waals surface area contributed by atoms with Crippen LogP contribution in [0.3, 0.4) is 0 Å². The van der Waals surface area contributed by atoms with E-state index in [1.165, 1.54) is 4.90 Å². The van der Waals surface area contributed by atoms with E-state index < -0.39 is 0 Å². The topological polar surface area (TPSA) is 46.0 Å². The smallest absolute Gasteiger partial charge is 0.170 e. The van der Waals surface area contributed by atoms with E-state index in [1.54, 1.807) is 16.4 Å². The van der Waals surface area contributed by atoms with Crippen LogP contribution in [-0.2, 0) is 11.8 Å². The highest BCUT2D eigenvalue weighted by molar-refractivity contribution is 7.99. The maximum Gasteiger partial charge on any atom is 0.170 e. The summed E-state index contributed by atoms with van der Waals surface area (Å²) < 4.78 is 1.73. The molecule has 3 rings (SSSR count). The van der Waals surface area contributed by atoms with E-state index in [0.29, 0.717) is 0 Å². The van der Waals surface area contributed by atoms with E-state index in [1.807, 2.05) is 6.07 Å². The third-order valence-corrected chi connectivity index (χ3v) is 4.65. The molecule has 0 saturated carbocycles. The van der Waals surface area contributed by atoms with Gasteiger partial charge in [-0.1, -0.05) is 50.7 Å². The molecule has 2 aromatic heterocycles. The molecule has 1 N–H and O–H groups in total. The maximum atomic E-state index is 4.71. The number of hydrogen-bond donors (Lipinski definition) is 2. The van der Waals surface area contributed by atoms with Gasteiger partial charge in [-0.15, -0.1) is 9.73 Å². The number of H-pyrrole nitrogens is 1. The standard InChI is InChI=1S/C16H20N4S2/c1-16(2,3)14-13(22-11-7-5-4-6-8-11)15-17-12(9-10-21)18-20(15)19-14/h4-8,21H,9-10H2,1-3H3,(H,17,18). The molecule has 0 radical (unpaired) electrons. The molecule has 0 atom stereocenters. The van der Waals surface area contributed by atoms with Gasteiger partial charge < -0.3 is 4.98 Å². The molecule has 3 aromatic rings. The summed E-state index contributed by atoms with van der Waals surface area (Å²) in [6.45, 7) is 6.54. The Morgan fingerprint density at radius 3 is 2.55 bits per heavy atom. The molecule has 22 heavy (non-hydrogen) atoms. The van der Waals surface area contributed by atoms with Crippen molar-refractivity contribution in [2.75, 3.05) is 5.75 Å². The van der Waals surface area contributed by atoms with Gasteiger partial charge >= 0.3 is 0 Å². The predicted octanol–water partition coefficient (Wildman–Crippen LogP) is 3.98. The molecule has 0 aliphatic carbocycles. The second kappa shape index (κ2) is 6.01. The number of fused-ring (bicyclic) bond motifs is 1. The minimum Gasteiger partial charge on any atom is -0.324 e. The molecule has 0 aliphatic heterocycles. The van der Waals surface area contributed by atoms with Crippen molar-refractivity contribution < 1.29 is 0 Å². The minimum absolute atomic E-state index is 0.0324. The lowest BCUT2D eigenvalue weighted by molar-refractivity contribution is 0.546. The Morgan fingerprint density at radius 1 is 1.18 bits per heavy atom. The number of aromatic amines is 1. The van der Waals surface area contributed by atoms with Crippen LogP contribution < -0.4 is 0 Å². The van der Waals surface area contributed by atoms with Gasteiger partial charge in [-0.25, -0.2) is 0 Å². The zero-order valence-corrected chi connectivity index (χ0v) is 14.7. The summed E-state index contributed by atoms with van der Waals surface area (Å²) in [5.41, 5.74) is 2.00.